The van der Waals surface area contributed by atoms with Crippen LogP contribution in [0.15, 0.2) is 48.5 Å². The first-order valence-corrected chi connectivity index (χ1v) is 13.4. The lowest BCUT2D eigenvalue weighted by Gasteiger charge is -2.35. The molecule has 2 aromatic rings. The molecular formula is C27H30N2O5S. The van der Waals surface area contributed by atoms with Crippen LogP contribution in [0.25, 0.3) is 11.1 Å². The molecule has 1 saturated heterocycles. The number of benzene rings is 2. The zero-order valence-electron chi connectivity index (χ0n) is 19.5. The van der Waals surface area contributed by atoms with Crippen LogP contribution >= 0.6 is 11.8 Å². The van der Waals surface area contributed by atoms with E-state index >= 15 is 0 Å². The number of aliphatic carboxylic acids is 1. The molecule has 1 unspecified atom stereocenters. The summed E-state index contributed by atoms with van der Waals surface area (Å²) in [6.45, 7) is 1.07. The Balaban J connectivity index is 1.17. The summed E-state index contributed by atoms with van der Waals surface area (Å²) in [6, 6.07) is 15.6. The van der Waals surface area contributed by atoms with Crippen LogP contribution in [-0.2, 0) is 14.3 Å². The van der Waals surface area contributed by atoms with Gasteiger partial charge in [-0.25, -0.2) is 9.59 Å². The van der Waals surface area contributed by atoms with Crippen molar-refractivity contribution in [1.29, 1.82) is 0 Å². The number of fused-ring (bicyclic) bond motifs is 3. The fraction of sp³-hybridized carbons (Fsp3) is 0.444. The van der Waals surface area contributed by atoms with E-state index in [1.807, 2.05) is 24.3 Å². The maximum atomic E-state index is 13.2. The van der Waals surface area contributed by atoms with Crippen LogP contribution in [0, 0.1) is 11.8 Å². The van der Waals surface area contributed by atoms with E-state index in [2.05, 4.69) is 29.6 Å². The zero-order chi connectivity index (χ0) is 24.4. The van der Waals surface area contributed by atoms with Gasteiger partial charge in [-0.15, -0.1) is 0 Å². The van der Waals surface area contributed by atoms with Crippen LogP contribution in [0.3, 0.4) is 0 Å². The lowest BCUT2D eigenvalue weighted by molar-refractivity contribution is -0.151. The number of carbonyl (C=O) groups is 3. The molecule has 7 nitrogen and oxygen atoms in total. The van der Waals surface area contributed by atoms with Gasteiger partial charge in [-0.3, -0.25) is 4.79 Å². The summed E-state index contributed by atoms with van der Waals surface area (Å²) in [5.41, 5.74) is 4.69. The minimum atomic E-state index is -0.947. The molecular weight excluding hydrogens is 464 g/mol. The number of alkyl carbamates (subject to hydrolysis) is 1. The predicted molar refractivity (Wildman–Crippen MR) is 134 cm³/mol. The minimum Gasteiger partial charge on any atom is -0.480 e. The molecule has 2 fully saturated rings. The Hall–Kier alpha value is -3.00. The first-order chi connectivity index (χ1) is 17.0. The van der Waals surface area contributed by atoms with E-state index in [9.17, 15) is 19.5 Å². The van der Waals surface area contributed by atoms with E-state index in [1.165, 1.54) is 16.0 Å². The molecule has 2 aliphatic carbocycles. The summed E-state index contributed by atoms with van der Waals surface area (Å²) in [5, 5.41) is 12.4. The van der Waals surface area contributed by atoms with Crippen molar-refractivity contribution in [1.82, 2.24) is 10.2 Å². The van der Waals surface area contributed by atoms with Gasteiger partial charge in [-0.2, -0.15) is 11.8 Å². The maximum absolute atomic E-state index is 13.2. The monoisotopic (exact) mass is 494 g/mol. The van der Waals surface area contributed by atoms with Crippen LogP contribution in [0.4, 0.5) is 4.79 Å². The third-order valence-electron chi connectivity index (χ3n) is 7.53. The van der Waals surface area contributed by atoms with Crippen molar-refractivity contribution in [3.05, 3.63) is 59.7 Å². The number of nitrogens with one attached hydrogen (secondary N) is 1. The zero-order valence-corrected chi connectivity index (χ0v) is 20.3. The maximum Gasteiger partial charge on any atom is 0.407 e. The molecule has 2 aromatic carbocycles. The van der Waals surface area contributed by atoms with E-state index in [0.717, 1.165) is 36.1 Å². The van der Waals surface area contributed by atoms with Crippen molar-refractivity contribution < 1.29 is 24.2 Å². The van der Waals surface area contributed by atoms with Gasteiger partial charge in [0.05, 0.1) is 0 Å². The number of rotatable bonds is 6. The summed E-state index contributed by atoms with van der Waals surface area (Å²) in [5.74, 6) is -0.118. The third kappa shape index (κ3) is 4.76. The van der Waals surface area contributed by atoms with Gasteiger partial charge in [-0.05, 0) is 41.0 Å². The number of carboxylic acid groups (broad SMARTS) is 1. The van der Waals surface area contributed by atoms with E-state index < -0.39 is 18.1 Å². The Morgan fingerprint density at radius 1 is 1.03 bits per heavy atom. The van der Waals surface area contributed by atoms with Gasteiger partial charge >= 0.3 is 12.1 Å². The molecule has 1 saturated carbocycles. The molecule has 5 rings (SSSR count). The molecule has 0 radical (unpaired) electrons. The summed E-state index contributed by atoms with van der Waals surface area (Å²) < 4.78 is 5.63. The molecule has 2 N–H and O–H groups in total. The van der Waals surface area contributed by atoms with Crippen molar-refractivity contribution in [3.8, 4) is 11.1 Å². The predicted octanol–water partition coefficient (Wildman–Crippen LogP) is 3.97. The van der Waals surface area contributed by atoms with Crippen LogP contribution in [-0.4, -0.2) is 65.2 Å². The van der Waals surface area contributed by atoms with E-state index in [4.69, 9.17) is 4.74 Å². The molecule has 1 aliphatic heterocycles. The second-order valence-corrected chi connectivity index (χ2v) is 10.6. The Labute approximate surface area is 209 Å². The molecule has 1 heterocycles. The molecule has 0 spiro atoms. The van der Waals surface area contributed by atoms with Gasteiger partial charge in [0.1, 0.15) is 12.6 Å². The fourth-order valence-corrected chi connectivity index (χ4v) is 6.79. The molecule has 2 amide bonds. The number of ether oxygens (including phenoxy) is 1. The topological polar surface area (TPSA) is 95.9 Å². The fourth-order valence-electron chi connectivity index (χ4n) is 5.76. The largest absolute Gasteiger partial charge is 0.480 e. The second-order valence-electron chi connectivity index (χ2n) is 9.46. The highest BCUT2D eigenvalue weighted by atomic mass is 32.2. The quantitative estimate of drug-likeness (QED) is 0.631. The van der Waals surface area contributed by atoms with E-state index in [-0.39, 0.29) is 30.3 Å². The van der Waals surface area contributed by atoms with Gasteiger partial charge in [0, 0.05) is 36.4 Å². The summed E-state index contributed by atoms with van der Waals surface area (Å²) >= 11 is 1.57. The average Bonchev–Trinajstić information content (AvgIpc) is 3.48. The van der Waals surface area contributed by atoms with E-state index in [1.54, 1.807) is 11.8 Å². The van der Waals surface area contributed by atoms with Crippen molar-refractivity contribution in [3.63, 3.8) is 0 Å². The summed E-state index contributed by atoms with van der Waals surface area (Å²) in [7, 11) is 0. The van der Waals surface area contributed by atoms with Crippen LogP contribution in [0.5, 0.6) is 0 Å². The Bertz CT molecular complexity index is 1080. The van der Waals surface area contributed by atoms with Crippen LogP contribution in [0.1, 0.15) is 36.3 Å². The van der Waals surface area contributed by atoms with Gasteiger partial charge in [0.2, 0.25) is 5.91 Å². The smallest absolute Gasteiger partial charge is 0.407 e. The number of carbonyl (C=O) groups excluding carboxylic acids is 2. The van der Waals surface area contributed by atoms with Gasteiger partial charge < -0.3 is 20.1 Å². The van der Waals surface area contributed by atoms with Crippen LogP contribution in [0.2, 0.25) is 0 Å². The molecule has 0 bridgehead atoms. The molecule has 184 valence electrons. The normalized spacial score (nSPS) is 23.4. The summed E-state index contributed by atoms with van der Waals surface area (Å²) in [4.78, 5) is 39.0. The molecule has 0 aromatic heterocycles. The first kappa shape index (κ1) is 23.7. The highest BCUT2D eigenvalue weighted by Crippen LogP contribution is 2.44. The third-order valence-corrected chi connectivity index (χ3v) is 8.55. The number of carboxylic acids is 1. The number of hydrogen-bond acceptors (Lipinski definition) is 5. The molecule has 8 heteroatoms. The SMILES string of the molecule is O=C(NC[C@H]1CCC[C@H]1C(=O)N1CCSCC1C(=O)O)OCC1c2ccccc2-c2ccccc21. The number of hydrogen-bond donors (Lipinski definition) is 2. The first-order valence-electron chi connectivity index (χ1n) is 12.2. The Morgan fingerprint density at radius 3 is 2.40 bits per heavy atom. The average molecular weight is 495 g/mol. The Kier molecular flexibility index (Phi) is 7.00. The standard InChI is InChI=1S/C27H30N2O5S/c30-25(29-12-13-35-16-24(29)26(31)32)18-11-5-6-17(18)14-28-27(33)34-15-23-21-9-3-1-7-19(21)20-8-2-4-10-22(20)23/h1-4,7-10,17-18,23-24H,5-6,11-16H2,(H,28,33)(H,31,32)/t17-,18-,24?/m1/s1. The van der Waals surface area contributed by atoms with Crippen molar-refractivity contribution in [2.45, 2.75) is 31.2 Å². The Morgan fingerprint density at radius 2 is 1.71 bits per heavy atom. The summed E-state index contributed by atoms with van der Waals surface area (Å²) in [6.07, 6.45) is 1.97. The lowest BCUT2D eigenvalue weighted by atomic mass is 9.94. The number of nitrogens with zero attached hydrogens (tertiary/aromatic N) is 1. The number of amides is 2. The van der Waals surface area contributed by atoms with Gasteiger partial charge in [-0.1, -0.05) is 55.0 Å². The minimum absolute atomic E-state index is 0.00104. The molecule has 35 heavy (non-hydrogen) atoms. The number of thioether (sulfide) groups is 1. The van der Waals surface area contributed by atoms with Gasteiger partial charge in [0.15, 0.2) is 0 Å². The molecule has 3 aliphatic rings. The highest BCUT2D eigenvalue weighted by Gasteiger charge is 2.40. The van der Waals surface area contributed by atoms with Crippen molar-refractivity contribution >= 4 is 29.7 Å². The van der Waals surface area contributed by atoms with Crippen molar-refractivity contribution in [2.24, 2.45) is 11.8 Å². The van der Waals surface area contributed by atoms with Crippen molar-refractivity contribution in [2.75, 3.05) is 31.2 Å². The van der Waals surface area contributed by atoms with E-state index in [0.29, 0.717) is 18.8 Å². The van der Waals surface area contributed by atoms with Crippen LogP contribution < -0.4 is 5.32 Å². The second kappa shape index (κ2) is 10.3. The van der Waals surface area contributed by atoms with Gasteiger partial charge in [0.25, 0.3) is 0 Å². The highest BCUT2D eigenvalue weighted by molar-refractivity contribution is 7.99. The lowest BCUT2D eigenvalue weighted by Crippen LogP contribution is -2.53. The molecule has 3 atom stereocenters.